The number of para-hydroxylation sites is 1. The number of rotatable bonds is 7. The van der Waals surface area contributed by atoms with E-state index in [-0.39, 0.29) is 5.91 Å². The largest absolute Gasteiger partial charge is 0.494 e. The van der Waals surface area contributed by atoms with Crippen molar-refractivity contribution in [2.75, 3.05) is 19.7 Å². The predicted octanol–water partition coefficient (Wildman–Crippen LogP) is 4.41. The Morgan fingerprint density at radius 1 is 1.21 bits per heavy atom. The van der Waals surface area contributed by atoms with Crippen LogP contribution in [0.5, 0.6) is 5.75 Å². The highest BCUT2D eigenvalue weighted by molar-refractivity contribution is 5.91. The average molecular weight is 394 g/mol. The van der Waals surface area contributed by atoms with Crippen LogP contribution >= 0.6 is 0 Å². The van der Waals surface area contributed by atoms with Crippen LogP contribution in [-0.2, 0) is 6.42 Å². The highest BCUT2D eigenvalue weighted by Gasteiger charge is 2.28. The third-order valence-corrected chi connectivity index (χ3v) is 5.52. The van der Waals surface area contributed by atoms with Crippen LogP contribution in [0.3, 0.4) is 0 Å². The van der Waals surface area contributed by atoms with Crippen LogP contribution in [0.15, 0.2) is 51.4 Å². The Balaban J connectivity index is 1.28. The lowest BCUT2D eigenvalue weighted by molar-refractivity contribution is 0.0752. The van der Waals surface area contributed by atoms with E-state index in [9.17, 15) is 4.79 Å². The number of carbonyl (C=O) groups is 1. The first kappa shape index (κ1) is 19.3. The summed E-state index contributed by atoms with van der Waals surface area (Å²) in [5.74, 6) is 3.23. The maximum Gasteiger partial charge on any atom is 0.289 e. The minimum atomic E-state index is -0.0403. The van der Waals surface area contributed by atoms with Crippen LogP contribution in [-0.4, -0.2) is 35.7 Å². The molecule has 29 heavy (non-hydrogen) atoms. The normalized spacial score (nSPS) is 16.3. The van der Waals surface area contributed by atoms with Crippen molar-refractivity contribution < 1.29 is 18.5 Å². The van der Waals surface area contributed by atoms with Gasteiger partial charge in [-0.3, -0.25) is 4.79 Å². The molecule has 1 aromatic carbocycles. The Hall–Kier alpha value is -3.02. The molecule has 152 valence electrons. The van der Waals surface area contributed by atoms with Crippen LogP contribution in [0.4, 0.5) is 0 Å². The molecule has 3 aromatic rings. The Labute approximate surface area is 170 Å². The SMILES string of the molecule is Cc1noc(C)c1Cc1ccc(C(=O)N2CCC(CCOc3ccccc3)C2)o1. The molecule has 1 aliphatic rings. The molecule has 6 heteroatoms. The number of carbonyl (C=O) groups excluding carboxylic acids is 1. The van der Waals surface area contributed by atoms with E-state index in [1.807, 2.05) is 55.1 Å². The van der Waals surface area contributed by atoms with E-state index in [2.05, 4.69) is 5.16 Å². The molecule has 0 radical (unpaired) electrons. The van der Waals surface area contributed by atoms with E-state index in [1.165, 1.54) is 0 Å². The number of furan rings is 1. The van der Waals surface area contributed by atoms with E-state index >= 15 is 0 Å². The van der Waals surface area contributed by atoms with E-state index in [0.29, 0.717) is 24.7 Å². The molecule has 2 aromatic heterocycles. The molecular weight excluding hydrogens is 368 g/mol. The van der Waals surface area contributed by atoms with E-state index in [4.69, 9.17) is 13.7 Å². The highest BCUT2D eigenvalue weighted by atomic mass is 16.5. The summed E-state index contributed by atoms with van der Waals surface area (Å²) in [7, 11) is 0. The zero-order valence-electron chi connectivity index (χ0n) is 16.9. The number of aromatic nitrogens is 1. The zero-order chi connectivity index (χ0) is 20.2. The molecule has 1 aliphatic heterocycles. The number of likely N-dealkylation sites (tertiary alicyclic amines) is 1. The molecule has 1 fully saturated rings. The van der Waals surface area contributed by atoms with E-state index < -0.39 is 0 Å². The predicted molar refractivity (Wildman–Crippen MR) is 108 cm³/mol. The summed E-state index contributed by atoms with van der Waals surface area (Å²) in [5, 5.41) is 3.97. The van der Waals surface area contributed by atoms with Gasteiger partial charge in [0.1, 0.15) is 17.3 Å². The molecule has 1 saturated heterocycles. The van der Waals surface area contributed by atoms with Gasteiger partial charge in [0.15, 0.2) is 5.76 Å². The maximum absolute atomic E-state index is 12.8. The van der Waals surface area contributed by atoms with Crippen molar-refractivity contribution in [2.45, 2.75) is 33.1 Å². The van der Waals surface area contributed by atoms with Crippen LogP contribution in [0.25, 0.3) is 0 Å². The zero-order valence-corrected chi connectivity index (χ0v) is 16.9. The quantitative estimate of drug-likeness (QED) is 0.594. The van der Waals surface area contributed by atoms with Crippen LogP contribution in [0.2, 0.25) is 0 Å². The fourth-order valence-electron chi connectivity index (χ4n) is 3.79. The fraction of sp³-hybridized carbons (Fsp3) is 0.391. The van der Waals surface area contributed by atoms with Gasteiger partial charge in [0.2, 0.25) is 0 Å². The summed E-state index contributed by atoms with van der Waals surface area (Å²) in [6.45, 7) is 5.97. The number of amides is 1. The standard InChI is InChI=1S/C23H26N2O4/c1-16-21(17(2)29-24-16)14-20-8-9-22(28-20)23(26)25-12-10-18(15-25)11-13-27-19-6-4-3-5-7-19/h3-9,18H,10-15H2,1-2H3. The molecule has 6 nitrogen and oxygen atoms in total. The third-order valence-electron chi connectivity index (χ3n) is 5.52. The maximum atomic E-state index is 12.8. The average Bonchev–Trinajstić information content (AvgIpc) is 3.46. The van der Waals surface area contributed by atoms with Gasteiger partial charge in [-0.1, -0.05) is 23.4 Å². The summed E-state index contributed by atoms with van der Waals surface area (Å²) in [4.78, 5) is 14.7. The van der Waals surface area contributed by atoms with Crippen molar-refractivity contribution in [3.8, 4) is 5.75 Å². The lowest BCUT2D eigenvalue weighted by Gasteiger charge is -2.15. The minimum Gasteiger partial charge on any atom is -0.494 e. The number of hydrogen-bond donors (Lipinski definition) is 0. The van der Waals surface area contributed by atoms with Crippen LogP contribution in [0, 0.1) is 19.8 Å². The van der Waals surface area contributed by atoms with Crippen molar-refractivity contribution in [2.24, 2.45) is 5.92 Å². The molecule has 3 heterocycles. The molecule has 0 saturated carbocycles. The first-order chi connectivity index (χ1) is 14.1. The van der Waals surface area contributed by atoms with Gasteiger partial charge in [-0.2, -0.15) is 0 Å². The molecule has 1 unspecified atom stereocenters. The Bertz CT molecular complexity index is 941. The van der Waals surface area contributed by atoms with Gasteiger partial charge in [0, 0.05) is 25.1 Å². The van der Waals surface area contributed by atoms with Gasteiger partial charge >= 0.3 is 0 Å². The molecule has 0 spiro atoms. The second kappa shape index (κ2) is 8.55. The van der Waals surface area contributed by atoms with Crippen molar-refractivity contribution >= 4 is 5.91 Å². The fourth-order valence-corrected chi connectivity index (χ4v) is 3.79. The monoisotopic (exact) mass is 394 g/mol. The van der Waals surface area contributed by atoms with Gasteiger partial charge in [0.05, 0.1) is 12.3 Å². The Kier molecular flexibility index (Phi) is 5.69. The molecule has 0 bridgehead atoms. The van der Waals surface area contributed by atoms with Gasteiger partial charge in [-0.05, 0) is 56.9 Å². The molecule has 0 N–H and O–H groups in total. The third kappa shape index (κ3) is 4.53. The van der Waals surface area contributed by atoms with Gasteiger partial charge in [-0.15, -0.1) is 0 Å². The number of aryl methyl sites for hydroxylation is 2. The molecule has 4 rings (SSSR count). The lowest BCUT2D eigenvalue weighted by Crippen LogP contribution is -2.28. The summed E-state index contributed by atoms with van der Waals surface area (Å²) < 4.78 is 16.8. The van der Waals surface area contributed by atoms with Crippen molar-refractivity contribution in [3.63, 3.8) is 0 Å². The topological polar surface area (TPSA) is 68.7 Å². The van der Waals surface area contributed by atoms with E-state index in [0.717, 1.165) is 54.5 Å². The molecule has 1 amide bonds. The van der Waals surface area contributed by atoms with Gasteiger partial charge < -0.3 is 18.6 Å². The number of nitrogens with zero attached hydrogens (tertiary/aromatic N) is 2. The number of ether oxygens (including phenoxy) is 1. The number of benzene rings is 1. The minimum absolute atomic E-state index is 0.0403. The summed E-state index contributed by atoms with van der Waals surface area (Å²) in [6, 6.07) is 13.5. The Morgan fingerprint density at radius 2 is 2.03 bits per heavy atom. The van der Waals surface area contributed by atoms with Crippen LogP contribution in [0.1, 0.15) is 46.2 Å². The Morgan fingerprint density at radius 3 is 2.79 bits per heavy atom. The van der Waals surface area contributed by atoms with Crippen molar-refractivity contribution in [3.05, 3.63) is 71.0 Å². The summed E-state index contributed by atoms with van der Waals surface area (Å²) in [6.07, 6.45) is 2.51. The summed E-state index contributed by atoms with van der Waals surface area (Å²) in [5.41, 5.74) is 1.87. The second-order valence-electron chi connectivity index (χ2n) is 7.60. The van der Waals surface area contributed by atoms with Crippen molar-refractivity contribution in [1.29, 1.82) is 0 Å². The molecule has 1 atom stereocenters. The first-order valence-electron chi connectivity index (χ1n) is 10.1. The molecule has 0 aliphatic carbocycles. The molecular formula is C23H26N2O4. The first-order valence-corrected chi connectivity index (χ1v) is 10.1. The highest BCUT2D eigenvalue weighted by Crippen LogP contribution is 2.24. The van der Waals surface area contributed by atoms with Crippen LogP contribution < -0.4 is 4.74 Å². The van der Waals surface area contributed by atoms with E-state index in [1.54, 1.807) is 6.07 Å². The van der Waals surface area contributed by atoms with Gasteiger partial charge in [0.25, 0.3) is 5.91 Å². The summed E-state index contributed by atoms with van der Waals surface area (Å²) >= 11 is 0. The number of hydrogen-bond acceptors (Lipinski definition) is 5. The van der Waals surface area contributed by atoms with Gasteiger partial charge in [-0.25, -0.2) is 0 Å². The smallest absolute Gasteiger partial charge is 0.289 e. The lowest BCUT2D eigenvalue weighted by atomic mass is 10.1. The second-order valence-corrected chi connectivity index (χ2v) is 7.60. The van der Waals surface area contributed by atoms with Crippen molar-refractivity contribution in [1.82, 2.24) is 10.1 Å².